The van der Waals surface area contributed by atoms with Gasteiger partial charge in [-0.05, 0) is 35.3 Å². The van der Waals surface area contributed by atoms with Gasteiger partial charge in [0.15, 0.2) is 0 Å². The Bertz CT molecular complexity index is 670. The molecule has 7 heteroatoms. The van der Waals surface area contributed by atoms with Crippen molar-refractivity contribution in [2.45, 2.75) is 6.61 Å². The fourth-order valence-corrected chi connectivity index (χ4v) is 2.11. The van der Waals surface area contributed by atoms with Crippen molar-refractivity contribution < 1.29 is 23.3 Å². The summed E-state index contributed by atoms with van der Waals surface area (Å²) in [5.74, 6) is 0.367. The molecule has 20 heavy (non-hydrogen) atoms. The summed E-state index contributed by atoms with van der Waals surface area (Å²) in [5.41, 5.74) is 1.47. The van der Waals surface area contributed by atoms with Crippen LogP contribution in [0.5, 0.6) is 0 Å². The molecule has 102 valence electrons. The summed E-state index contributed by atoms with van der Waals surface area (Å²) in [5, 5.41) is 13.2. The number of halogens is 1. The van der Waals surface area contributed by atoms with Crippen molar-refractivity contribution in [1.82, 2.24) is 0 Å². The largest absolute Gasteiger partial charge is 0.491 e. The number of hydrogen-bond donors (Lipinski definition) is 1. The number of benzene rings is 1. The molecule has 0 unspecified atom stereocenters. The minimum Gasteiger partial charge on any atom is -0.455 e. The van der Waals surface area contributed by atoms with Gasteiger partial charge in [0.05, 0.1) is 12.2 Å². The maximum absolute atomic E-state index is 14.1. The van der Waals surface area contributed by atoms with E-state index >= 15 is 0 Å². The van der Waals surface area contributed by atoms with Gasteiger partial charge in [0.25, 0.3) is 0 Å². The first-order valence-electron chi connectivity index (χ1n) is 5.98. The number of fused-ring (bicyclic) bond motifs is 1. The molecular weight excluding hydrogens is 264 g/mol. The molecule has 0 saturated heterocycles. The Hall–Kier alpha value is -2.12. The second-order valence-corrected chi connectivity index (χ2v) is 4.31. The van der Waals surface area contributed by atoms with E-state index in [0.717, 1.165) is 0 Å². The van der Waals surface area contributed by atoms with E-state index in [1.807, 2.05) is 0 Å². The zero-order valence-corrected chi connectivity index (χ0v) is 10.7. The second-order valence-electron chi connectivity index (χ2n) is 4.31. The van der Waals surface area contributed by atoms with Crippen LogP contribution < -0.4 is 5.46 Å². The molecule has 5 nitrogen and oxygen atoms in total. The quantitative estimate of drug-likeness (QED) is 0.520. The SMILES string of the molecule is CO/N=C/c1ccc(-c2cc3c(cc2F)COB3O)o1. The molecule has 1 aromatic carbocycles. The number of furan rings is 1. The van der Waals surface area contributed by atoms with E-state index in [-0.39, 0.29) is 12.2 Å². The van der Waals surface area contributed by atoms with Crippen molar-refractivity contribution in [3.8, 4) is 11.3 Å². The lowest BCUT2D eigenvalue weighted by atomic mass is 9.78. The van der Waals surface area contributed by atoms with Crippen molar-refractivity contribution >= 4 is 18.8 Å². The highest BCUT2D eigenvalue weighted by molar-refractivity contribution is 6.61. The van der Waals surface area contributed by atoms with Crippen LogP contribution >= 0.6 is 0 Å². The van der Waals surface area contributed by atoms with Crippen molar-refractivity contribution in [1.29, 1.82) is 0 Å². The van der Waals surface area contributed by atoms with E-state index in [1.165, 1.54) is 19.4 Å². The van der Waals surface area contributed by atoms with E-state index in [1.54, 1.807) is 18.2 Å². The van der Waals surface area contributed by atoms with E-state index in [9.17, 15) is 9.41 Å². The predicted molar refractivity (Wildman–Crippen MR) is 71.1 cm³/mol. The van der Waals surface area contributed by atoms with Crippen LogP contribution in [-0.2, 0) is 16.1 Å². The van der Waals surface area contributed by atoms with Crippen molar-refractivity contribution in [3.63, 3.8) is 0 Å². The summed E-state index contributed by atoms with van der Waals surface area (Å²) in [4.78, 5) is 4.54. The van der Waals surface area contributed by atoms with Crippen LogP contribution in [0.15, 0.2) is 33.8 Å². The lowest BCUT2D eigenvalue weighted by molar-refractivity contribution is 0.215. The van der Waals surface area contributed by atoms with Gasteiger partial charge in [-0.25, -0.2) is 4.39 Å². The summed E-state index contributed by atoms with van der Waals surface area (Å²) >= 11 is 0. The molecule has 1 aromatic heterocycles. The third-order valence-corrected chi connectivity index (χ3v) is 3.07. The molecule has 0 amide bonds. The highest BCUT2D eigenvalue weighted by Gasteiger charge is 2.29. The minimum atomic E-state index is -1.02. The third kappa shape index (κ3) is 2.21. The van der Waals surface area contributed by atoms with Gasteiger partial charge in [-0.1, -0.05) is 5.16 Å². The minimum absolute atomic E-state index is 0.206. The topological polar surface area (TPSA) is 64.2 Å². The summed E-state index contributed by atoms with van der Waals surface area (Å²) in [6.07, 6.45) is 1.38. The third-order valence-electron chi connectivity index (χ3n) is 3.07. The fraction of sp³-hybridized carbons (Fsp3) is 0.154. The van der Waals surface area contributed by atoms with Crippen LogP contribution in [0.2, 0.25) is 0 Å². The van der Waals surface area contributed by atoms with E-state index in [4.69, 9.17) is 9.07 Å². The highest BCUT2D eigenvalue weighted by atomic mass is 19.1. The second kappa shape index (κ2) is 5.11. The Balaban J connectivity index is 2.00. The van der Waals surface area contributed by atoms with Crippen molar-refractivity contribution in [3.05, 3.63) is 41.4 Å². The van der Waals surface area contributed by atoms with Crippen LogP contribution in [0, 0.1) is 5.82 Å². The smallest absolute Gasteiger partial charge is 0.455 e. The molecule has 0 bridgehead atoms. The summed E-state index contributed by atoms with van der Waals surface area (Å²) < 4.78 is 24.6. The zero-order valence-electron chi connectivity index (χ0n) is 10.7. The summed E-state index contributed by atoms with van der Waals surface area (Å²) in [7, 11) is 0.399. The zero-order chi connectivity index (χ0) is 14.1. The highest BCUT2D eigenvalue weighted by Crippen LogP contribution is 2.26. The first-order valence-corrected chi connectivity index (χ1v) is 5.98. The van der Waals surface area contributed by atoms with Gasteiger partial charge in [-0.15, -0.1) is 0 Å². The average Bonchev–Trinajstić information content (AvgIpc) is 3.03. The van der Waals surface area contributed by atoms with Gasteiger partial charge in [0, 0.05) is 0 Å². The molecule has 3 rings (SSSR count). The lowest BCUT2D eigenvalue weighted by Crippen LogP contribution is -2.28. The normalized spacial score (nSPS) is 14.1. The summed E-state index contributed by atoms with van der Waals surface area (Å²) in [6, 6.07) is 6.17. The molecule has 0 spiro atoms. The fourth-order valence-electron chi connectivity index (χ4n) is 2.11. The van der Waals surface area contributed by atoms with E-state index in [2.05, 4.69) is 9.99 Å². The van der Waals surface area contributed by atoms with Crippen LogP contribution in [0.3, 0.4) is 0 Å². The molecular formula is C13H11BFNO4. The Morgan fingerprint density at radius 3 is 3.10 bits per heavy atom. The molecule has 0 saturated carbocycles. The standard InChI is InChI=1S/C13H11BFNO4/c1-18-16-6-9-2-3-13(20-9)10-5-11-8(4-12(10)15)7-19-14(11)17/h2-6,17H,7H2,1H3/b16-6+. The lowest BCUT2D eigenvalue weighted by Gasteiger charge is -2.04. The molecule has 0 aliphatic carbocycles. The van der Waals surface area contributed by atoms with Gasteiger partial charge >= 0.3 is 7.12 Å². The van der Waals surface area contributed by atoms with Gasteiger partial charge in [0.2, 0.25) is 0 Å². The number of oxime groups is 1. The Labute approximate surface area is 114 Å². The Morgan fingerprint density at radius 2 is 2.30 bits per heavy atom. The molecule has 1 N–H and O–H groups in total. The van der Waals surface area contributed by atoms with Crippen LogP contribution in [0.25, 0.3) is 11.3 Å². The maximum atomic E-state index is 14.1. The molecule has 0 radical (unpaired) electrons. The number of rotatable bonds is 3. The first-order chi connectivity index (χ1) is 9.69. The monoisotopic (exact) mass is 275 g/mol. The average molecular weight is 275 g/mol. The number of nitrogens with zero attached hydrogens (tertiary/aromatic N) is 1. The Kier molecular flexibility index (Phi) is 3.29. The van der Waals surface area contributed by atoms with E-state index < -0.39 is 12.9 Å². The van der Waals surface area contributed by atoms with Gasteiger partial charge in [-0.2, -0.15) is 0 Å². The van der Waals surface area contributed by atoms with Gasteiger partial charge < -0.3 is 18.9 Å². The summed E-state index contributed by atoms with van der Waals surface area (Å²) in [6.45, 7) is 0.206. The predicted octanol–water partition coefficient (Wildman–Crippen LogP) is 1.28. The molecule has 0 fully saturated rings. The van der Waals surface area contributed by atoms with Gasteiger partial charge in [0.1, 0.15) is 30.7 Å². The molecule has 1 aliphatic rings. The van der Waals surface area contributed by atoms with Crippen molar-refractivity contribution in [2.24, 2.45) is 5.16 Å². The Morgan fingerprint density at radius 1 is 1.45 bits per heavy atom. The molecule has 2 aromatic rings. The maximum Gasteiger partial charge on any atom is 0.491 e. The van der Waals surface area contributed by atoms with Crippen LogP contribution in [0.4, 0.5) is 4.39 Å². The molecule has 0 atom stereocenters. The van der Waals surface area contributed by atoms with Crippen molar-refractivity contribution in [2.75, 3.05) is 7.11 Å². The molecule has 1 aliphatic heterocycles. The van der Waals surface area contributed by atoms with E-state index in [0.29, 0.717) is 22.5 Å². The number of hydrogen-bond acceptors (Lipinski definition) is 5. The molecule has 2 heterocycles. The first kappa shape index (κ1) is 12.9. The van der Waals surface area contributed by atoms with Crippen LogP contribution in [-0.4, -0.2) is 25.5 Å². The van der Waals surface area contributed by atoms with Crippen LogP contribution in [0.1, 0.15) is 11.3 Å². The van der Waals surface area contributed by atoms with Gasteiger partial charge in [-0.3, -0.25) is 0 Å².